The molecule has 17 heavy (non-hydrogen) atoms. The normalized spacial score (nSPS) is 12.8. The van der Waals surface area contributed by atoms with Crippen LogP contribution < -0.4 is 5.73 Å². The minimum absolute atomic E-state index is 0.252. The van der Waals surface area contributed by atoms with Gasteiger partial charge in [-0.05, 0) is 56.5 Å². The van der Waals surface area contributed by atoms with Crippen molar-refractivity contribution in [1.82, 2.24) is 0 Å². The molecule has 2 rings (SSSR count). The lowest BCUT2D eigenvalue weighted by Gasteiger charge is -2.11. The van der Waals surface area contributed by atoms with E-state index in [0.717, 1.165) is 18.7 Å². The topological polar surface area (TPSA) is 26.0 Å². The van der Waals surface area contributed by atoms with Crippen molar-refractivity contribution < 1.29 is 4.39 Å². The van der Waals surface area contributed by atoms with Crippen molar-refractivity contribution in [3.63, 3.8) is 0 Å². The summed E-state index contributed by atoms with van der Waals surface area (Å²) in [6.07, 6.45) is 0. The van der Waals surface area contributed by atoms with Gasteiger partial charge in [0.25, 0.3) is 0 Å². The molecule has 1 atom stereocenters. The molecule has 90 valence electrons. The van der Waals surface area contributed by atoms with E-state index in [0.29, 0.717) is 5.56 Å². The SMILES string of the molecule is Cc1ccc(C(N)c2cc(Br)c(Br)s2)c(F)c1. The van der Waals surface area contributed by atoms with Crippen LogP contribution in [0, 0.1) is 12.7 Å². The van der Waals surface area contributed by atoms with Crippen LogP contribution in [-0.4, -0.2) is 0 Å². The second kappa shape index (κ2) is 5.18. The molecule has 1 nitrogen and oxygen atoms in total. The zero-order valence-corrected chi connectivity index (χ0v) is 13.0. The van der Waals surface area contributed by atoms with Crippen LogP contribution in [0.25, 0.3) is 0 Å². The lowest BCUT2D eigenvalue weighted by atomic mass is 10.0. The fraction of sp³-hybridized carbons (Fsp3) is 0.167. The Morgan fingerprint density at radius 2 is 2.00 bits per heavy atom. The van der Waals surface area contributed by atoms with Crippen molar-refractivity contribution in [2.75, 3.05) is 0 Å². The van der Waals surface area contributed by atoms with Gasteiger partial charge in [0.1, 0.15) is 5.82 Å². The van der Waals surface area contributed by atoms with Gasteiger partial charge in [0, 0.05) is 14.9 Å². The van der Waals surface area contributed by atoms with E-state index in [1.807, 2.05) is 19.1 Å². The number of hydrogen-bond donors (Lipinski definition) is 1. The van der Waals surface area contributed by atoms with Gasteiger partial charge >= 0.3 is 0 Å². The Morgan fingerprint density at radius 1 is 1.29 bits per heavy atom. The Hall–Kier alpha value is -0.230. The molecule has 1 heterocycles. The molecule has 5 heteroatoms. The van der Waals surface area contributed by atoms with Crippen LogP contribution in [-0.2, 0) is 0 Å². The predicted molar refractivity (Wildman–Crippen MR) is 76.9 cm³/mol. The van der Waals surface area contributed by atoms with Gasteiger partial charge in [0.2, 0.25) is 0 Å². The zero-order chi connectivity index (χ0) is 12.6. The fourth-order valence-electron chi connectivity index (χ4n) is 1.55. The number of rotatable bonds is 2. The summed E-state index contributed by atoms with van der Waals surface area (Å²) in [7, 11) is 0. The van der Waals surface area contributed by atoms with E-state index in [1.54, 1.807) is 6.07 Å². The van der Waals surface area contributed by atoms with Crippen LogP contribution in [0.15, 0.2) is 32.5 Å². The van der Waals surface area contributed by atoms with Crippen LogP contribution in [0.5, 0.6) is 0 Å². The van der Waals surface area contributed by atoms with Crippen LogP contribution >= 0.6 is 43.2 Å². The average Bonchev–Trinajstić information content (AvgIpc) is 2.58. The van der Waals surface area contributed by atoms with Crippen LogP contribution in [0.3, 0.4) is 0 Å². The average molecular weight is 379 g/mol. The molecule has 0 aliphatic carbocycles. The first-order valence-electron chi connectivity index (χ1n) is 4.95. The van der Waals surface area contributed by atoms with Gasteiger partial charge in [0.15, 0.2) is 0 Å². The third-order valence-corrected chi connectivity index (χ3v) is 5.80. The van der Waals surface area contributed by atoms with Crippen molar-refractivity contribution in [3.8, 4) is 0 Å². The predicted octanol–water partition coefficient (Wildman–Crippen LogP) is 4.77. The molecule has 0 aliphatic heterocycles. The summed E-state index contributed by atoms with van der Waals surface area (Å²) in [5.74, 6) is -0.252. The minimum Gasteiger partial charge on any atom is -0.320 e. The molecule has 0 fully saturated rings. The number of thiophene rings is 1. The van der Waals surface area contributed by atoms with E-state index in [9.17, 15) is 4.39 Å². The van der Waals surface area contributed by atoms with Crippen molar-refractivity contribution >= 4 is 43.2 Å². The smallest absolute Gasteiger partial charge is 0.128 e. The monoisotopic (exact) mass is 377 g/mol. The summed E-state index contributed by atoms with van der Waals surface area (Å²) in [6.45, 7) is 1.86. The first kappa shape index (κ1) is 13.2. The third-order valence-electron chi connectivity index (χ3n) is 2.46. The lowest BCUT2D eigenvalue weighted by molar-refractivity contribution is 0.600. The van der Waals surface area contributed by atoms with Gasteiger partial charge in [0.05, 0.1) is 9.83 Å². The molecule has 0 radical (unpaired) electrons. The minimum atomic E-state index is -0.428. The number of halogens is 3. The molecule has 0 saturated heterocycles. The molecular formula is C12H10Br2FNS. The third kappa shape index (κ3) is 2.78. The van der Waals surface area contributed by atoms with Gasteiger partial charge in [-0.2, -0.15) is 0 Å². The zero-order valence-electron chi connectivity index (χ0n) is 9.01. The number of hydrogen-bond acceptors (Lipinski definition) is 2. The standard InChI is InChI=1S/C12H10Br2FNS/c1-6-2-3-7(9(15)4-6)11(16)10-5-8(13)12(14)17-10/h2-5,11H,16H2,1H3. The van der Waals surface area contributed by atoms with E-state index in [1.165, 1.54) is 17.4 Å². The summed E-state index contributed by atoms with van der Waals surface area (Å²) >= 11 is 8.32. The van der Waals surface area contributed by atoms with Crippen LogP contribution in [0.4, 0.5) is 4.39 Å². The summed E-state index contributed by atoms with van der Waals surface area (Å²) in [4.78, 5) is 0.923. The Morgan fingerprint density at radius 3 is 2.53 bits per heavy atom. The Kier molecular flexibility index (Phi) is 4.02. The van der Waals surface area contributed by atoms with Crippen molar-refractivity contribution in [2.24, 2.45) is 5.73 Å². The molecule has 0 aliphatic rings. The summed E-state index contributed by atoms with van der Waals surface area (Å²) in [5.41, 5.74) is 7.50. The van der Waals surface area contributed by atoms with Crippen molar-refractivity contribution in [2.45, 2.75) is 13.0 Å². The molecule has 1 unspecified atom stereocenters. The highest BCUT2D eigenvalue weighted by atomic mass is 79.9. The van der Waals surface area contributed by atoms with Crippen molar-refractivity contribution in [1.29, 1.82) is 0 Å². The molecule has 1 aromatic heterocycles. The van der Waals surface area contributed by atoms with E-state index in [4.69, 9.17) is 5.73 Å². The molecule has 0 saturated carbocycles. The van der Waals surface area contributed by atoms with E-state index < -0.39 is 6.04 Å². The molecule has 2 aromatic rings. The Balaban J connectivity index is 2.39. The maximum atomic E-state index is 13.8. The fourth-order valence-corrected chi connectivity index (χ4v) is 3.66. The molecular weight excluding hydrogens is 369 g/mol. The second-order valence-electron chi connectivity index (χ2n) is 3.77. The number of aryl methyl sites for hydroxylation is 1. The van der Waals surface area contributed by atoms with Crippen molar-refractivity contribution in [3.05, 3.63) is 54.3 Å². The summed E-state index contributed by atoms with van der Waals surface area (Å²) in [5, 5.41) is 0. The van der Waals surface area contributed by atoms with Gasteiger partial charge in [-0.15, -0.1) is 11.3 Å². The molecule has 0 bridgehead atoms. The van der Waals surface area contributed by atoms with Crippen LogP contribution in [0.2, 0.25) is 0 Å². The number of nitrogens with two attached hydrogens (primary N) is 1. The van der Waals surface area contributed by atoms with Gasteiger partial charge in [-0.3, -0.25) is 0 Å². The van der Waals surface area contributed by atoms with Gasteiger partial charge in [-0.25, -0.2) is 4.39 Å². The van der Waals surface area contributed by atoms with E-state index in [2.05, 4.69) is 31.9 Å². The molecule has 0 amide bonds. The second-order valence-corrected chi connectivity index (χ2v) is 7.03. The molecule has 0 spiro atoms. The molecule has 1 aromatic carbocycles. The first-order chi connectivity index (χ1) is 7.99. The quantitative estimate of drug-likeness (QED) is 0.800. The maximum absolute atomic E-state index is 13.8. The maximum Gasteiger partial charge on any atom is 0.128 e. The van der Waals surface area contributed by atoms with Gasteiger partial charge < -0.3 is 5.73 Å². The Labute approximate surface area is 120 Å². The largest absolute Gasteiger partial charge is 0.320 e. The number of benzene rings is 1. The highest BCUT2D eigenvalue weighted by Gasteiger charge is 2.17. The van der Waals surface area contributed by atoms with Gasteiger partial charge in [-0.1, -0.05) is 12.1 Å². The summed E-state index contributed by atoms with van der Waals surface area (Å²) < 4.78 is 15.7. The lowest BCUT2D eigenvalue weighted by Crippen LogP contribution is -2.12. The Bertz CT molecular complexity index is 534. The summed E-state index contributed by atoms with van der Waals surface area (Å²) in [6, 6.07) is 6.61. The highest BCUT2D eigenvalue weighted by Crippen LogP contribution is 2.37. The first-order valence-corrected chi connectivity index (χ1v) is 7.35. The van der Waals surface area contributed by atoms with E-state index in [-0.39, 0.29) is 5.82 Å². The van der Waals surface area contributed by atoms with Crippen LogP contribution in [0.1, 0.15) is 22.0 Å². The highest BCUT2D eigenvalue weighted by molar-refractivity contribution is 9.13. The van der Waals surface area contributed by atoms with E-state index >= 15 is 0 Å². The molecule has 2 N–H and O–H groups in total.